The molecule has 3 rings (SSSR count). The third-order valence-electron chi connectivity index (χ3n) is 4.60. The van der Waals surface area contributed by atoms with E-state index in [0.717, 1.165) is 4.57 Å². The predicted molar refractivity (Wildman–Crippen MR) is 94.5 cm³/mol. The van der Waals surface area contributed by atoms with E-state index in [1.54, 1.807) is 6.07 Å². The SMILES string of the molecule is Cc1cn([C@H]2C[C@H](O)[C@](CO)(OCc3ccccc3[N+](=O)[O-])O2)c(=O)[nH]c1=O. The fourth-order valence-electron chi connectivity index (χ4n) is 3.03. The average molecular weight is 393 g/mol. The van der Waals surface area contributed by atoms with Crippen LogP contribution in [0.5, 0.6) is 0 Å². The number of nitro groups is 1. The number of aromatic nitrogens is 2. The molecule has 28 heavy (non-hydrogen) atoms. The van der Waals surface area contributed by atoms with Gasteiger partial charge < -0.3 is 19.7 Å². The lowest BCUT2D eigenvalue weighted by Gasteiger charge is -2.30. The molecule has 1 aromatic heterocycles. The maximum absolute atomic E-state index is 12.1. The first-order valence-corrected chi connectivity index (χ1v) is 8.42. The molecule has 11 heteroatoms. The number of nitro benzene ring substituents is 1. The zero-order valence-electron chi connectivity index (χ0n) is 14.9. The highest BCUT2D eigenvalue weighted by molar-refractivity contribution is 5.39. The van der Waals surface area contributed by atoms with Gasteiger partial charge >= 0.3 is 5.69 Å². The Hall–Kier alpha value is -2.86. The number of nitrogens with zero attached hydrogens (tertiary/aromatic N) is 2. The second-order valence-corrected chi connectivity index (χ2v) is 6.45. The minimum absolute atomic E-state index is 0.0944. The number of hydrogen-bond donors (Lipinski definition) is 3. The number of H-pyrrole nitrogens is 1. The van der Waals surface area contributed by atoms with Gasteiger partial charge in [0, 0.05) is 24.2 Å². The Morgan fingerprint density at radius 1 is 1.43 bits per heavy atom. The Kier molecular flexibility index (Phi) is 5.42. The van der Waals surface area contributed by atoms with Crippen LogP contribution in [0.25, 0.3) is 0 Å². The molecule has 150 valence electrons. The second-order valence-electron chi connectivity index (χ2n) is 6.45. The van der Waals surface area contributed by atoms with Crippen molar-refractivity contribution in [2.45, 2.75) is 38.1 Å². The van der Waals surface area contributed by atoms with Crippen LogP contribution in [0.15, 0.2) is 40.1 Å². The van der Waals surface area contributed by atoms with E-state index in [1.165, 1.54) is 31.3 Å². The average Bonchev–Trinajstić information content (AvgIpc) is 3.00. The van der Waals surface area contributed by atoms with Crippen LogP contribution in [0, 0.1) is 17.0 Å². The number of aliphatic hydroxyl groups excluding tert-OH is 2. The van der Waals surface area contributed by atoms with Gasteiger partial charge in [0.05, 0.1) is 23.7 Å². The van der Waals surface area contributed by atoms with Crippen molar-refractivity contribution in [1.82, 2.24) is 9.55 Å². The van der Waals surface area contributed by atoms with Crippen LogP contribution in [0.3, 0.4) is 0 Å². The highest BCUT2D eigenvalue weighted by Gasteiger charge is 2.50. The number of aliphatic hydroxyl groups is 2. The zero-order chi connectivity index (χ0) is 20.5. The van der Waals surface area contributed by atoms with Crippen molar-refractivity contribution in [3.8, 4) is 0 Å². The van der Waals surface area contributed by atoms with Crippen LogP contribution in [-0.2, 0) is 16.1 Å². The molecule has 1 fully saturated rings. The molecule has 0 radical (unpaired) electrons. The highest BCUT2D eigenvalue weighted by Crippen LogP contribution is 2.38. The summed E-state index contributed by atoms with van der Waals surface area (Å²) in [6.45, 7) is 0.452. The summed E-state index contributed by atoms with van der Waals surface area (Å²) in [6.07, 6.45) is -1.13. The fourth-order valence-corrected chi connectivity index (χ4v) is 3.03. The fraction of sp³-hybridized carbons (Fsp3) is 0.412. The van der Waals surface area contributed by atoms with Gasteiger partial charge in [-0.3, -0.25) is 24.5 Å². The van der Waals surface area contributed by atoms with E-state index in [9.17, 15) is 29.9 Å². The molecule has 1 aliphatic heterocycles. The summed E-state index contributed by atoms with van der Waals surface area (Å²) in [5.74, 6) is -1.88. The third-order valence-corrected chi connectivity index (χ3v) is 4.60. The van der Waals surface area contributed by atoms with E-state index in [2.05, 4.69) is 4.98 Å². The molecule has 11 nitrogen and oxygen atoms in total. The van der Waals surface area contributed by atoms with Crippen LogP contribution >= 0.6 is 0 Å². The van der Waals surface area contributed by atoms with Crippen LogP contribution in [0.2, 0.25) is 0 Å². The smallest absolute Gasteiger partial charge is 0.330 e. The lowest BCUT2D eigenvalue weighted by molar-refractivity contribution is -0.386. The van der Waals surface area contributed by atoms with E-state index >= 15 is 0 Å². The summed E-state index contributed by atoms with van der Waals surface area (Å²) < 4.78 is 12.3. The van der Waals surface area contributed by atoms with Crippen molar-refractivity contribution in [3.63, 3.8) is 0 Å². The van der Waals surface area contributed by atoms with Gasteiger partial charge in [-0.25, -0.2) is 4.79 Å². The molecular weight excluding hydrogens is 374 g/mol. The van der Waals surface area contributed by atoms with Crippen molar-refractivity contribution in [2.24, 2.45) is 0 Å². The van der Waals surface area contributed by atoms with Crippen molar-refractivity contribution in [2.75, 3.05) is 6.61 Å². The minimum Gasteiger partial charge on any atom is -0.391 e. The number of rotatable bonds is 6. The molecule has 3 atom stereocenters. The number of hydrogen-bond acceptors (Lipinski definition) is 8. The van der Waals surface area contributed by atoms with Crippen LogP contribution in [0.1, 0.15) is 23.8 Å². The molecule has 0 saturated carbocycles. The summed E-state index contributed by atoms with van der Waals surface area (Å²) in [7, 11) is 0. The van der Waals surface area contributed by atoms with E-state index < -0.39 is 40.9 Å². The third kappa shape index (κ3) is 3.60. The number of benzene rings is 1. The largest absolute Gasteiger partial charge is 0.391 e. The molecule has 2 heterocycles. The Labute approximate surface area is 157 Å². The maximum Gasteiger partial charge on any atom is 0.330 e. The van der Waals surface area contributed by atoms with Gasteiger partial charge in [-0.1, -0.05) is 12.1 Å². The first-order valence-electron chi connectivity index (χ1n) is 8.42. The molecule has 0 amide bonds. The monoisotopic (exact) mass is 393 g/mol. The van der Waals surface area contributed by atoms with Gasteiger partial charge in [-0.2, -0.15) is 0 Å². The highest BCUT2D eigenvalue weighted by atomic mass is 16.7. The molecule has 3 N–H and O–H groups in total. The lowest BCUT2D eigenvalue weighted by atomic mass is 10.1. The summed E-state index contributed by atoms with van der Waals surface area (Å²) in [4.78, 5) is 36.3. The van der Waals surface area contributed by atoms with Crippen molar-refractivity contribution >= 4 is 5.69 Å². The lowest BCUT2D eigenvalue weighted by Crippen LogP contribution is -2.46. The van der Waals surface area contributed by atoms with Crippen molar-refractivity contribution in [3.05, 3.63) is 72.5 Å². The summed E-state index contributed by atoms with van der Waals surface area (Å²) in [5.41, 5.74) is -0.954. The Balaban J connectivity index is 1.84. The van der Waals surface area contributed by atoms with Crippen molar-refractivity contribution in [1.29, 1.82) is 0 Å². The molecular formula is C17H19N3O8. The van der Waals surface area contributed by atoms with Gasteiger partial charge in [0.15, 0.2) is 0 Å². The van der Waals surface area contributed by atoms with E-state index in [4.69, 9.17) is 9.47 Å². The summed E-state index contributed by atoms with van der Waals surface area (Å²) in [5, 5.41) is 31.3. The predicted octanol–water partition coefficient (Wildman–Crippen LogP) is -0.0616. The first-order chi connectivity index (χ1) is 13.3. The molecule has 1 aliphatic rings. The normalized spacial score (nSPS) is 24.4. The van der Waals surface area contributed by atoms with Gasteiger partial charge in [-0.15, -0.1) is 0 Å². The molecule has 0 aliphatic carbocycles. The van der Waals surface area contributed by atoms with Gasteiger partial charge in [0.25, 0.3) is 11.2 Å². The Bertz CT molecular complexity index is 1000. The van der Waals surface area contributed by atoms with Crippen LogP contribution in [-0.4, -0.2) is 43.2 Å². The van der Waals surface area contributed by atoms with E-state index in [0.29, 0.717) is 0 Å². The molecule has 1 saturated heterocycles. The van der Waals surface area contributed by atoms with Crippen LogP contribution in [0.4, 0.5) is 5.69 Å². The second kappa shape index (κ2) is 7.64. The number of nitrogens with one attached hydrogen (secondary N) is 1. The molecule has 0 spiro atoms. The van der Waals surface area contributed by atoms with Crippen LogP contribution < -0.4 is 11.2 Å². The van der Waals surface area contributed by atoms with Gasteiger partial charge in [0.1, 0.15) is 12.3 Å². The van der Waals surface area contributed by atoms with Gasteiger partial charge in [0.2, 0.25) is 5.79 Å². The standard InChI is InChI=1S/C17H19N3O8/c1-10-7-19(16(24)18-15(10)23)14-6-13(22)17(9-21,28-14)27-8-11-4-2-3-5-12(11)20(25)26/h2-5,7,13-14,21-22H,6,8-9H2,1H3,(H,18,23,24)/t13-,14+,17+/m0/s1. The van der Waals surface area contributed by atoms with E-state index in [1.807, 2.05) is 0 Å². The Morgan fingerprint density at radius 3 is 2.82 bits per heavy atom. The molecule has 0 bridgehead atoms. The molecule has 1 aromatic carbocycles. The number of para-hydroxylation sites is 1. The summed E-state index contributed by atoms with van der Waals surface area (Å²) in [6, 6.07) is 5.89. The van der Waals surface area contributed by atoms with Gasteiger partial charge in [-0.05, 0) is 13.0 Å². The Morgan fingerprint density at radius 2 is 2.14 bits per heavy atom. The molecule has 2 aromatic rings. The first kappa shape index (κ1) is 19.9. The van der Waals surface area contributed by atoms with E-state index in [-0.39, 0.29) is 29.8 Å². The number of ether oxygens (including phenoxy) is 2. The maximum atomic E-state index is 12.1. The number of aromatic amines is 1. The minimum atomic E-state index is -1.88. The van der Waals surface area contributed by atoms with Crippen molar-refractivity contribution < 1.29 is 24.6 Å². The zero-order valence-corrected chi connectivity index (χ0v) is 14.9. The quantitative estimate of drug-likeness (QED) is 0.455. The summed E-state index contributed by atoms with van der Waals surface area (Å²) >= 11 is 0. The molecule has 0 unspecified atom stereocenters. The topological polar surface area (TPSA) is 157 Å². The number of aryl methyl sites for hydroxylation is 1.